The smallest absolute Gasteiger partial charge is 0.340 e. The Balaban J connectivity index is 1.44. The number of methoxy groups -OCH3 is 1. The third kappa shape index (κ3) is 6.09. The summed E-state index contributed by atoms with van der Waals surface area (Å²) in [6.07, 6.45) is 0. The number of thiophene rings is 1. The van der Waals surface area contributed by atoms with Crippen molar-refractivity contribution >= 4 is 61.0 Å². The molecule has 0 aliphatic heterocycles. The molecule has 0 saturated carbocycles. The average molecular weight is 538 g/mol. The highest BCUT2D eigenvalue weighted by atomic mass is 32.2. The van der Waals surface area contributed by atoms with E-state index in [1.165, 1.54) is 18.4 Å². The van der Waals surface area contributed by atoms with Crippen LogP contribution in [-0.2, 0) is 14.8 Å². The van der Waals surface area contributed by atoms with Gasteiger partial charge in [-0.15, -0.1) is 11.3 Å². The minimum absolute atomic E-state index is 0.188. The van der Waals surface area contributed by atoms with Crippen LogP contribution in [0.15, 0.2) is 89.8 Å². The van der Waals surface area contributed by atoms with E-state index in [-0.39, 0.29) is 10.0 Å². The predicted molar refractivity (Wildman–Crippen MR) is 149 cm³/mol. The average Bonchev–Trinajstić information content (AvgIpc) is 3.29. The van der Waals surface area contributed by atoms with Gasteiger partial charge in [-0.3, -0.25) is 4.72 Å². The number of anilines is 3. The monoisotopic (exact) mass is 537 g/mol. The van der Waals surface area contributed by atoms with E-state index >= 15 is 0 Å². The summed E-state index contributed by atoms with van der Waals surface area (Å²) in [5.41, 5.74) is 3.39. The molecule has 3 aromatic carbocycles. The molecular formula is C26H23N3O4S3. The van der Waals surface area contributed by atoms with Gasteiger partial charge in [-0.1, -0.05) is 48.0 Å². The Labute approximate surface area is 219 Å². The second kappa shape index (κ2) is 10.9. The zero-order valence-corrected chi connectivity index (χ0v) is 21.9. The molecule has 0 spiro atoms. The molecule has 3 N–H and O–H groups in total. The lowest BCUT2D eigenvalue weighted by Crippen LogP contribution is -2.20. The molecule has 0 fully saturated rings. The van der Waals surface area contributed by atoms with Gasteiger partial charge in [0.1, 0.15) is 5.00 Å². The lowest BCUT2D eigenvalue weighted by molar-refractivity contribution is 0.0602. The molecule has 0 aliphatic rings. The van der Waals surface area contributed by atoms with Crippen LogP contribution < -0.4 is 15.4 Å². The Kier molecular flexibility index (Phi) is 7.68. The Morgan fingerprint density at radius 2 is 1.53 bits per heavy atom. The van der Waals surface area contributed by atoms with Gasteiger partial charge in [-0.25, -0.2) is 13.2 Å². The molecule has 0 saturated heterocycles. The second-order valence-corrected chi connectivity index (χ2v) is 10.9. The van der Waals surface area contributed by atoms with E-state index in [1.807, 2.05) is 37.3 Å². The fourth-order valence-corrected chi connectivity index (χ4v) is 5.71. The standard InChI is InChI=1S/C26H23N3O4S3/c1-17-8-14-21(15-9-17)36(31,32)29-20-12-10-19(11-13-20)27-26(34)28-24-22(25(30)33-2)16-23(35-24)18-6-4-3-5-7-18/h3-16,29H,1-2H3,(H2,27,28,34). The van der Waals surface area contributed by atoms with Gasteiger partial charge in [-0.05, 0) is 67.2 Å². The van der Waals surface area contributed by atoms with Gasteiger partial charge < -0.3 is 15.4 Å². The Morgan fingerprint density at radius 3 is 2.17 bits per heavy atom. The maximum Gasteiger partial charge on any atom is 0.340 e. The van der Waals surface area contributed by atoms with E-state index in [0.29, 0.717) is 21.9 Å². The van der Waals surface area contributed by atoms with Gasteiger partial charge in [0.15, 0.2) is 5.11 Å². The van der Waals surface area contributed by atoms with Gasteiger partial charge in [0, 0.05) is 16.3 Å². The van der Waals surface area contributed by atoms with Crippen molar-refractivity contribution in [3.63, 3.8) is 0 Å². The van der Waals surface area contributed by atoms with Gasteiger partial charge >= 0.3 is 5.97 Å². The molecule has 36 heavy (non-hydrogen) atoms. The second-order valence-electron chi connectivity index (χ2n) is 7.79. The number of benzene rings is 3. The molecule has 0 radical (unpaired) electrons. The maximum absolute atomic E-state index is 12.6. The summed E-state index contributed by atoms with van der Waals surface area (Å²) in [4.78, 5) is 13.4. The highest BCUT2D eigenvalue weighted by Gasteiger charge is 2.19. The minimum Gasteiger partial charge on any atom is -0.465 e. The van der Waals surface area contributed by atoms with Crippen LogP contribution in [0.25, 0.3) is 10.4 Å². The predicted octanol–water partition coefficient (Wildman–Crippen LogP) is 6.12. The van der Waals surface area contributed by atoms with E-state index in [4.69, 9.17) is 17.0 Å². The van der Waals surface area contributed by atoms with E-state index < -0.39 is 16.0 Å². The Morgan fingerprint density at radius 1 is 0.889 bits per heavy atom. The Hall–Kier alpha value is -3.73. The minimum atomic E-state index is -3.69. The van der Waals surface area contributed by atoms with Crippen LogP contribution in [0.4, 0.5) is 16.4 Å². The van der Waals surface area contributed by atoms with Crippen molar-refractivity contribution in [3.05, 3.63) is 96.1 Å². The van der Waals surface area contributed by atoms with E-state index in [2.05, 4.69) is 15.4 Å². The Bertz CT molecular complexity index is 1480. The number of rotatable bonds is 7. The number of hydrogen-bond donors (Lipinski definition) is 3. The van der Waals surface area contributed by atoms with E-state index in [0.717, 1.165) is 16.0 Å². The molecule has 0 amide bonds. The molecule has 10 heteroatoms. The number of nitrogens with one attached hydrogen (secondary N) is 3. The lowest BCUT2D eigenvalue weighted by atomic mass is 10.1. The molecule has 1 aromatic heterocycles. The topological polar surface area (TPSA) is 96.5 Å². The number of esters is 1. The highest BCUT2D eigenvalue weighted by molar-refractivity contribution is 7.92. The zero-order chi connectivity index (χ0) is 25.7. The van der Waals surface area contributed by atoms with Gasteiger partial charge in [0.2, 0.25) is 0 Å². The first-order valence-electron chi connectivity index (χ1n) is 10.8. The summed E-state index contributed by atoms with van der Waals surface area (Å²) < 4.78 is 32.7. The van der Waals surface area contributed by atoms with Gasteiger partial charge in [0.05, 0.1) is 17.6 Å². The summed E-state index contributed by atoms with van der Waals surface area (Å²) in [5, 5.41) is 6.95. The largest absolute Gasteiger partial charge is 0.465 e. The number of carbonyl (C=O) groups excluding carboxylic acids is 1. The summed E-state index contributed by atoms with van der Waals surface area (Å²) >= 11 is 6.83. The number of aryl methyl sites for hydroxylation is 1. The molecule has 0 bridgehead atoms. The highest BCUT2D eigenvalue weighted by Crippen LogP contribution is 2.36. The van der Waals surface area contributed by atoms with Gasteiger partial charge in [0.25, 0.3) is 10.0 Å². The summed E-state index contributed by atoms with van der Waals surface area (Å²) in [7, 11) is -2.36. The molecule has 0 aliphatic carbocycles. The van der Waals surface area contributed by atoms with E-state index in [9.17, 15) is 13.2 Å². The first-order chi connectivity index (χ1) is 17.2. The lowest BCUT2D eigenvalue weighted by Gasteiger charge is -2.12. The van der Waals surface area contributed by atoms with Crippen molar-refractivity contribution in [1.29, 1.82) is 0 Å². The number of carbonyl (C=O) groups is 1. The summed E-state index contributed by atoms with van der Waals surface area (Å²) in [6.45, 7) is 1.89. The molecule has 0 atom stereocenters. The first kappa shape index (κ1) is 25.4. The SMILES string of the molecule is COC(=O)c1cc(-c2ccccc2)sc1NC(=S)Nc1ccc(NS(=O)(=O)c2ccc(C)cc2)cc1. The number of ether oxygens (including phenoxy) is 1. The molecule has 4 rings (SSSR count). The molecular weight excluding hydrogens is 515 g/mol. The summed E-state index contributed by atoms with van der Waals surface area (Å²) in [6, 6.07) is 24.8. The fourth-order valence-electron chi connectivity index (χ4n) is 3.31. The molecule has 184 valence electrons. The molecule has 4 aromatic rings. The summed E-state index contributed by atoms with van der Waals surface area (Å²) in [5.74, 6) is -0.469. The van der Waals surface area contributed by atoms with Crippen molar-refractivity contribution in [2.75, 3.05) is 22.5 Å². The van der Waals surface area contributed by atoms with E-state index in [1.54, 1.807) is 54.6 Å². The van der Waals surface area contributed by atoms with Crippen molar-refractivity contribution in [3.8, 4) is 10.4 Å². The first-order valence-corrected chi connectivity index (χ1v) is 13.5. The van der Waals surface area contributed by atoms with Crippen LogP contribution in [0.1, 0.15) is 15.9 Å². The van der Waals surface area contributed by atoms with Crippen LogP contribution in [0.3, 0.4) is 0 Å². The number of sulfonamides is 1. The third-order valence-corrected chi connectivity index (χ3v) is 7.85. The van der Waals surface area contributed by atoms with Crippen LogP contribution in [0.2, 0.25) is 0 Å². The van der Waals surface area contributed by atoms with Gasteiger partial charge in [-0.2, -0.15) is 0 Å². The van der Waals surface area contributed by atoms with Crippen molar-refractivity contribution in [1.82, 2.24) is 0 Å². The maximum atomic E-state index is 12.6. The normalized spacial score (nSPS) is 10.9. The van der Waals surface area contributed by atoms with Crippen molar-refractivity contribution < 1.29 is 17.9 Å². The number of hydrogen-bond acceptors (Lipinski definition) is 6. The van der Waals surface area contributed by atoms with Crippen LogP contribution in [0, 0.1) is 6.92 Å². The van der Waals surface area contributed by atoms with Crippen LogP contribution in [0.5, 0.6) is 0 Å². The fraction of sp³-hybridized carbons (Fsp3) is 0.0769. The quantitative estimate of drug-likeness (QED) is 0.193. The zero-order valence-electron chi connectivity index (χ0n) is 19.4. The third-order valence-electron chi connectivity index (χ3n) is 5.15. The van der Waals surface area contributed by atoms with Crippen LogP contribution in [-0.4, -0.2) is 26.6 Å². The molecule has 7 nitrogen and oxygen atoms in total. The van der Waals surface area contributed by atoms with Crippen molar-refractivity contribution in [2.45, 2.75) is 11.8 Å². The van der Waals surface area contributed by atoms with Crippen molar-refractivity contribution in [2.24, 2.45) is 0 Å². The molecule has 1 heterocycles. The molecule has 0 unspecified atom stereocenters. The van der Waals surface area contributed by atoms with Crippen LogP contribution >= 0.6 is 23.6 Å². The number of thiocarbonyl (C=S) groups is 1.